The van der Waals surface area contributed by atoms with Gasteiger partial charge in [-0.1, -0.05) is 11.6 Å². The molecule has 0 aliphatic heterocycles. The predicted octanol–water partition coefficient (Wildman–Crippen LogP) is 2.01. The number of rotatable bonds is 2. The standard InChI is InChI=1S/C8H10N2/c1-7(4-3-5-9)8(2)6-10/h4,8H,3H2,1-2H3. The molecule has 0 aromatic carbocycles. The molecule has 0 aromatic heterocycles. The van der Waals surface area contributed by atoms with Crippen molar-refractivity contribution in [1.29, 1.82) is 10.5 Å². The summed E-state index contributed by atoms with van der Waals surface area (Å²) in [4.78, 5) is 0. The van der Waals surface area contributed by atoms with E-state index in [0.717, 1.165) is 5.57 Å². The number of hydrogen-bond acceptors (Lipinski definition) is 2. The van der Waals surface area contributed by atoms with Crippen molar-refractivity contribution in [3.8, 4) is 12.1 Å². The third-order valence-electron chi connectivity index (χ3n) is 1.39. The fraction of sp³-hybridized carbons (Fsp3) is 0.500. The number of nitrogens with zero attached hydrogens (tertiary/aromatic N) is 2. The molecule has 0 amide bonds. The lowest BCUT2D eigenvalue weighted by Crippen LogP contribution is -1.90. The van der Waals surface area contributed by atoms with Gasteiger partial charge in [-0.25, -0.2) is 0 Å². The number of hydrogen-bond donors (Lipinski definition) is 0. The molecular weight excluding hydrogens is 124 g/mol. The van der Waals surface area contributed by atoms with E-state index in [0.29, 0.717) is 6.42 Å². The highest BCUT2D eigenvalue weighted by Gasteiger charge is 1.99. The van der Waals surface area contributed by atoms with E-state index < -0.39 is 0 Å². The molecule has 0 aliphatic rings. The van der Waals surface area contributed by atoms with Gasteiger partial charge in [0.25, 0.3) is 0 Å². The van der Waals surface area contributed by atoms with Gasteiger partial charge in [-0.3, -0.25) is 0 Å². The maximum atomic E-state index is 8.43. The molecule has 0 N–H and O–H groups in total. The van der Waals surface area contributed by atoms with Crippen LogP contribution in [0.5, 0.6) is 0 Å². The van der Waals surface area contributed by atoms with E-state index in [1.807, 2.05) is 19.9 Å². The summed E-state index contributed by atoms with van der Waals surface area (Å²) >= 11 is 0. The topological polar surface area (TPSA) is 47.6 Å². The van der Waals surface area contributed by atoms with Gasteiger partial charge in [-0.15, -0.1) is 0 Å². The van der Waals surface area contributed by atoms with Gasteiger partial charge in [0.05, 0.1) is 24.5 Å². The quantitative estimate of drug-likeness (QED) is 0.542. The van der Waals surface area contributed by atoms with Crippen molar-refractivity contribution in [3.63, 3.8) is 0 Å². The van der Waals surface area contributed by atoms with Gasteiger partial charge in [0.1, 0.15) is 0 Å². The third-order valence-corrected chi connectivity index (χ3v) is 1.39. The van der Waals surface area contributed by atoms with E-state index in [1.54, 1.807) is 6.08 Å². The fourth-order valence-electron chi connectivity index (χ4n) is 0.485. The Balaban J connectivity index is 3.98. The molecule has 0 radical (unpaired) electrons. The Hall–Kier alpha value is -1.28. The second-order valence-electron chi connectivity index (χ2n) is 2.16. The molecule has 52 valence electrons. The van der Waals surface area contributed by atoms with Crippen LogP contribution in [0.2, 0.25) is 0 Å². The first kappa shape index (κ1) is 8.72. The Bertz CT molecular complexity index is 202. The van der Waals surface area contributed by atoms with Crippen LogP contribution in [0.1, 0.15) is 20.3 Å². The van der Waals surface area contributed by atoms with Gasteiger partial charge < -0.3 is 0 Å². The second-order valence-corrected chi connectivity index (χ2v) is 2.16. The zero-order chi connectivity index (χ0) is 7.98. The molecule has 0 bridgehead atoms. The van der Waals surface area contributed by atoms with E-state index in [1.165, 1.54) is 0 Å². The first-order valence-corrected chi connectivity index (χ1v) is 3.15. The minimum Gasteiger partial charge on any atom is -0.198 e. The van der Waals surface area contributed by atoms with E-state index >= 15 is 0 Å². The molecule has 0 rings (SSSR count). The average molecular weight is 134 g/mol. The van der Waals surface area contributed by atoms with Crippen molar-refractivity contribution in [2.45, 2.75) is 20.3 Å². The fourth-order valence-corrected chi connectivity index (χ4v) is 0.485. The summed E-state index contributed by atoms with van der Waals surface area (Å²) in [5, 5.41) is 16.6. The van der Waals surface area contributed by atoms with Crippen LogP contribution in [-0.4, -0.2) is 0 Å². The van der Waals surface area contributed by atoms with Gasteiger partial charge in [-0.05, 0) is 13.8 Å². The minimum atomic E-state index is -0.0617. The van der Waals surface area contributed by atoms with Crippen LogP contribution in [0.25, 0.3) is 0 Å². The number of allylic oxidation sites excluding steroid dienone is 2. The normalized spacial score (nSPS) is 13.4. The Kier molecular flexibility index (Phi) is 4.00. The molecule has 1 unspecified atom stereocenters. The summed E-state index contributed by atoms with van der Waals surface area (Å²) in [6.45, 7) is 3.69. The van der Waals surface area contributed by atoms with Crippen LogP contribution in [0, 0.1) is 28.6 Å². The summed E-state index contributed by atoms with van der Waals surface area (Å²) in [6, 6.07) is 4.09. The smallest absolute Gasteiger partial charge is 0.0697 e. The van der Waals surface area contributed by atoms with Gasteiger partial charge in [0, 0.05) is 0 Å². The predicted molar refractivity (Wildman–Crippen MR) is 38.8 cm³/mol. The number of nitriles is 2. The highest BCUT2D eigenvalue weighted by Crippen LogP contribution is 2.07. The second kappa shape index (κ2) is 4.58. The molecular formula is C8H10N2. The first-order chi connectivity index (χ1) is 4.72. The highest BCUT2D eigenvalue weighted by atomic mass is 14.3. The zero-order valence-electron chi connectivity index (χ0n) is 6.26. The SMILES string of the molecule is CC(=CCC#N)C(C)C#N. The van der Waals surface area contributed by atoms with E-state index in [9.17, 15) is 0 Å². The van der Waals surface area contributed by atoms with Crippen molar-refractivity contribution in [3.05, 3.63) is 11.6 Å². The van der Waals surface area contributed by atoms with Gasteiger partial charge in [-0.2, -0.15) is 10.5 Å². The summed E-state index contributed by atoms with van der Waals surface area (Å²) in [5.41, 5.74) is 0.976. The van der Waals surface area contributed by atoms with Crippen molar-refractivity contribution in [2.24, 2.45) is 5.92 Å². The van der Waals surface area contributed by atoms with E-state index in [4.69, 9.17) is 10.5 Å². The lowest BCUT2D eigenvalue weighted by molar-refractivity contribution is 0.872. The van der Waals surface area contributed by atoms with Gasteiger partial charge in [0.15, 0.2) is 0 Å². The van der Waals surface area contributed by atoms with E-state index in [2.05, 4.69) is 6.07 Å². The van der Waals surface area contributed by atoms with Crippen LogP contribution < -0.4 is 0 Å². The van der Waals surface area contributed by atoms with Crippen LogP contribution in [-0.2, 0) is 0 Å². The Morgan fingerprint density at radius 1 is 1.60 bits per heavy atom. The maximum absolute atomic E-state index is 8.43. The molecule has 0 saturated heterocycles. The Labute approximate surface area is 61.4 Å². The lowest BCUT2D eigenvalue weighted by Gasteiger charge is -1.98. The van der Waals surface area contributed by atoms with Crippen molar-refractivity contribution >= 4 is 0 Å². The summed E-state index contributed by atoms with van der Waals surface area (Å²) in [7, 11) is 0. The third kappa shape index (κ3) is 2.89. The largest absolute Gasteiger partial charge is 0.198 e. The zero-order valence-corrected chi connectivity index (χ0v) is 6.26. The highest BCUT2D eigenvalue weighted by molar-refractivity contribution is 5.11. The van der Waals surface area contributed by atoms with Crippen LogP contribution in [0.3, 0.4) is 0 Å². The molecule has 0 fully saturated rings. The minimum absolute atomic E-state index is 0.0617. The van der Waals surface area contributed by atoms with Crippen molar-refractivity contribution < 1.29 is 0 Å². The summed E-state index contributed by atoms with van der Waals surface area (Å²) in [6.07, 6.45) is 2.19. The Morgan fingerprint density at radius 3 is 2.60 bits per heavy atom. The van der Waals surface area contributed by atoms with Crippen LogP contribution in [0.15, 0.2) is 11.6 Å². The van der Waals surface area contributed by atoms with Gasteiger partial charge in [0.2, 0.25) is 0 Å². The monoisotopic (exact) mass is 134 g/mol. The lowest BCUT2D eigenvalue weighted by atomic mass is 10.0. The summed E-state index contributed by atoms with van der Waals surface area (Å²) < 4.78 is 0. The molecule has 0 saturated carbocycles. The van der Waals surface area contributed by atoms with Crippen molar-refractivity contribution in [1.82, 2.24) is 0 Å². The van der Waals surface area contributed by atoms with Crippen LogP contribution >= 0.6 is 0 Å². The molecule has 0 heterocycles. The Morgan fingerprint density at radius 2 is 2.20 bits per heavy atom. The van der Waals surface area contributed by atoms with E-state index in [-0.39, 0.29) is 5.92 Å². The maximum Gasteiger partial charge on any atom is 0.0697 e. The molecule has 0 spiro atoms. The molecule has 10 heavy (non-hydrogen) atoms. The first-order valence-electron chi connectivity index (χ1n) is 3.15. The summed E-state index contributed by atoms with van der Waals surface area (Å²) in [5.74, 6) is -0.0617. The molecule has 0 aromatic rings. The molecule has 0 aliphatic carbocycles. The molecule has 2 nitrogen and oxygen atoms in total. The average Bonchev–Trinajstić information content (AvgIpc) is 1.98. The molecule has 2 heteroatoms. The van der Waals surface area contributed by atoms with Crippen LogP contribution in [0.4, 0.5) is 0 Å². The van der Waals surface area contributed by atoms with Crippen molar-refractivity contribution in [2.75, 3.05) is 0 Å². The molecule has 1 atom stereocenters. The van der Waals surface area contributed by atoms with Gasteiger partial charge >= 0.3 is 0 Å².